The van der Waals surface area contributed by atoms with Crippen molar-refractivity contribution in [1.29, 1.82) is 0 Å². The fraction of sp³-hybridized carbons (Fsp3) is 0.692. The molecule has 20 heavy (non-hydrogen) atoms. The van der Waals surface area contributed by atoms with Crippen molar-refractivity contribution in [3.8, 4) is 0 Å². The Morgan fingerprint density at radius 2 is 1.80 bits per heavy atom. The maximum Gasteiger partial charge on any atom is 0.321 e. The van der Waals surface area contributed by atoms with E-state index in [4.69, 9.17) is 5.11 Å². The van der Waals surface area contributed by atoms with Gasteiger partial charge in [0.1, 0.15) is 0 Å². The van der Waals surface area contributed by atoms with E-state index in [-0.39, 0.29) is 18.7 Å². The molecular formula is C13H17NO6. The molecule has 110 valence electrons. The minimum atomic E-state index is -1.53. The number of rotatable bonds is 4. The van der Waals surface area contributed by atoms with Crippen molar-refractivity contribution in [3.63, 3.8) is 0 Å². The number of carboxylic acid groups (broad SMARTS) is 1. The minimum absolute atomic E-state index is 0.274. The van der Waals surface area contributed by atoms with Crippen LogP contribution in [0.3, 0.4) is 0 Å². The Labute approximate surface area is 115 Å². The summed E-state index contributed by atoms with van der Waals surface area (Å²) in [6.45, 7) is 1.23. The summed E-state index contributed by atoms with van der Waals surface area (Å²) < 4.78 is 4.45. The Morgan fingerprint density at radius 1 is 1.15 bits per heavy atom. The number of ether oxygens (including phenoxy) is 1. The third-order valence-corrected chi connectivity index (χ3v) is 3.81. The minimum Gasteiger partial charge on any atom is -0.481 e. The fourth-order valence-electron chi connectivity index (χ4n) is 2.76. The molecule has 2 rings (SSSR count). The summed E-state index contributed by atoms with van der Waals surface area (Å²) in [6, 6.07) is 0. The molecule has 2 saturated heterocycles. The molecular weight excluding hydrogens is 266 g/mol. The zero-order valence-electron chi connectivity index (χ0n) is 11.1. The quantitative estimate of drug-likeness (QED) is 0.589. The normalized spacial score (nSPS) is 26.5. The van der Waals surface area contributed by atoms with Gasteiger partial charge in [0.2, 0.25) is 5.91 Å². The van der Waals surface area contributed by atoms with Crippen LogP contribution in [-0.2, 0) is 23.9 Å². The van der Waals surface area contributed by atoms with Crippen LogP contribution >= 0.6 is 0 Å². The lowest BCUT2D eigenvalue weighted by molar-refractivity contribution is -0.159. The molecule has 7 heteroatoms. The number of hydrogen-bond acceptors (Lipinski definition) is 5. The molecule has 2 aliphatic heterocycles. The summed E-state index contributed by atoms with van der Waals surface area (Å²) in [7, 11) is 0. The van der Waals surface area contributed by atoms with Gasteiger partial charge in [-0.3, -0.25) is 19.2 Å². The molecule has 0 aromatic carbocycles. The van der Waals surface area contributed by atoms with Crippen LogP contribution < -0.4 is 0 Å². The van der Waals surface area contributed by atoms with Gasteiger partial charge in [0.25, 0.3) is 0 Å². The predicted molar refractivity (Wildman–Crippen MR) is 65.4 cm³/mol. The first kappa shape index (κ1) is 14.5. The second-order valence-electron chi connectivity index (χ2n) is 5.41. The summed E-state index contributed by atoms with van der Waals surface area (Å²) >= 11 is 0. The van der Waals surface area contributed by atoms with Gasteiger partial charge < -0.3 is 14.7 Å². The Hall–Kier alpha value is -1.92. The van der Waals surface area contributed by atoms with Gasteiger partial charge in [-0.05, 0) is 19.3 Å². The molecule has 0 bridgehead atoms. The average molecular weight is 283 g/mol. The number of carbonyl (C=O) groups excluding carboxylic acids is 3. The molecule has 0 saturated carbocycles. The van der Waals surface area contributed by atoms with Gasteiger partial charge in [-0.2, -0.15) is 0 Å². The predicted octanol–water partition coefficient (Wildman–Crippen LogP) is 0.324. The summed E-state index contributed by atoms with van der Waals surface area (Å²) in [6.07, 6.45) is 1.70. The second-order valence-corrected chi connectivity index (χ2v) is 5.41. The number of carbonyl (C=O) groups is 4. The molecule has 0 radical (unpaired) electrons. The van der Waals surface area contributed by atoms with Crippen LogP contribution in [0, 0.1) is 5.41 Å². The summed E-state index contributed by atoms with van der Waals surface area (Å²) in [5, 5.41) is 8.92. The van der Waals surface area contributed by atoms with Crippen LogP contribution in [0.1, 0.15) is 38.5 Å². The fourth-order valence-corrected chi connectivity index (χ4v) is 2.76. The largest absolute Gasteiger partial charge is 0.481 e. The smallest absolute Gasteiger partial charge is 0.321 e. The molecule has 1 amide bonds. The maximum absolute atomic E-state index is 12.2. The van der Waals surface area contributed by atoms with E-state index < -0.39 is 29.7 Å². The van der Waals surface area contributed by atoms with Crippen LogP contribution in [-0.4, -0.2) is 46.9 Å². The lowest BCUT2D eigenvalue weighted by Gasteiger charge is -2.30. The lowest BCUT2D eigenvalue weighted by atomic mass is 9.79. The first-order valence-electron chi connectivity index (χ1n) is 6.68. The van der Waals surface area contributed by atoms with Gasteiger partial charge >= 0.3 is 17.9 Å². The SMILES string of the molecule is O=C(O)CC1(CC(=O)N2CCCCC2)CC(=O)OC1=O. The number of amides is 1. The van der Waals surface area contributed by atoms with Crippen molar-refractivity contribution in [1.82, 2.24) is 4.90 Å². The van der Waals surface area contributed by atoms with E-state index >= 15 is 0 Å². The monoisotopic (exact) mass is 283 g/mol. The van der Waals surface area contributed by atoms with Crippen molar-refractivity contribution >= 4 is 23.8 Å². The van der Waals surface area contributed by atoms with Gasteiger partial charge in [-0.1, -0.05) is 0 Å². The zero-order valence-corrected chi connectivity index (χ0v) is 11.1. The van der Waals surface area contributed by atoms with Crippen molar-refractivity contribution in [3.05, 3.63) is 0 Å². The second kappa shape index (κ2) is 5.60. The molecule has 2 fully saturated rings. The van der Waals surface area contributed by atoms with Gasteiger partial charge in [-0.25, -0.2) is 0 Å². The third-order valence-electron chi connectivity index (χ3n) is 3.81. The van der Waals surface area contributed by atoms with Crippen LogP contribution in [0.5, 0.6) is 0 Å². The Bertz CT molecular complexity index is 454. The van der Waals surface area contributed by atoms with E-state index in [0.717, 1.165) is 19.3 Å². The van der Waals surface area contributed by atoms with E-state index in [9.17, 15) is 19.2 Å². The van der Waals surface area contributed by atoms with E-state index in [2.05, 4.69) is 4.74 Å². The standard InChI is InChI=1S/C13H17NO6/c15-9(14-4-2-1-3-5-14)6-13(7-10(16)17)8-11(18)20-12(13)19/h1-8H2,(H,16,17). The zero-order chi connectivity index (χ0) is 14.8. The molecule has 1 unspecified atom stereocenters. The molecule has 7 nitrogen and oxygen atoms in total. The van der Waals surface area contributed by atoms with Gasteiger partial charge in [-0.15, -0.1) is 0 Å². The summed E-state index contributed by atoms with van der Waals surface area (Å²) in [4.78, 5) is 47.8. The highest BCUT2D eigenvalue weighted by atomic mass is 16.6. The molecule has 1 atom stereocenters. The molecule has 0 aromatic heterocycles. The molecule has 1 N–H and O–H groups in total. The van der Waals surface area contributed by atoms with Crippen molar-refractivity contribution in [2.24, 2.45) is 5.41 Å². The summed E-state index contributed by atoms with van der Waals surface area (Å²) in [5.41, 5.74) is -1.53. The van der Waals surface area contributed by atoms with Gasteiger partial charge in [0.15, 0.2) is 0 Å². The van der Waals surface area contributed by atoms with Gasteiger partial charge in [0.05, 0.1) is 18.3 Å². The number of carboxylic acids is 1. The number of nitrogens with zero attached hydrogens (tertiary/aromatic N) is 1. The number of aliphatic carboxylic acids is 1. The van der Waals surface area contributed by atoms with E-state index in [1.807, 2.05) is 0 Å². The highest BCUT2D eigenvalue weighted by Gasteiger charge is 2.52. The molecule has 0 spiro atoms. The average Bonchev–Trinajstić information content (AvgIpc) is 2.64. The number of cyclic esters (lactones) is 2. The Morgan fingerprint density at radius 3 is 2.30 bits per heavy atom. The molecule has 0 aliphatic carbocycles. The Balaban J connectivity index is 2.11. The molecule has 2 aliphatic rings. The van der Waals surface area contributed by atoms with Crippen molar-refractivity contribution in [2.75, 3.05) is 13.1 Å². The van der Waals surface area contributed by atoms with E-state index in [1.165, 1.54) is 0 Å². The number of piperidine rings is 1. The van der Waals surface area contributed by atoms with E-state index in [0.29, 0.717) is 13.1 Å². The highest BCUT2D eigenvalue weighted by molar-refractivity contribution is 6.01. The lowest BCUT2D eigenvalue weighted by Crippen LogP contribution is -2.41. The highest BCUT2D eigenvalue weighted by Crippen LogP contribution is 2.38. The van der Waals surface area contributed by atoms with Crippen molar-refractivity contribution < 1.29 is 29.0 Å². The van der Waals surface area contributed by atoms with Crippen LogP contribution in [0.15, 0.2) is 0 Å². The first-order valence-corrected chi connectivity index (χ1v) is 6.68. The maximum atomic E-state index is 12.2. The van der Waals surface area contributed by atoms with Crippen molar-refractivity contribution in [2.45, 2.75) is 38.5 Å². The van der Waals surface area contributed by atoms with Crippen LogP contribution in [0.25, 0.3) is 0 Å². The number of likely N-dealkylation sites (tertiary alicyclic amines) is 1. The van der Waals surface area contributed by atoms with E-state index in [1.54, 1.807) is 4.90 Å². The number of hydrogen-bond donors (Lipinski definition) is 1. The molecule has 2 heterocycles. The van der Waals surface area contributed by atoms with Crippen LogP contribution in [0.2, 0.25) is 0 Å². The topological polar surface area (TPSA) is 101 Å². The van der Waals surface area contributed by atoms with Crippen LogP contribution in [0.4, 0.5) is 0 Å². The number of esters is 2. The molecule has 0 aromatic rings. The summed E-state index contributed by atoms with van der Waals surface area (Å²) in [5.74, 6) is -3.15. The first-order chi connectivity index (χ1) is 9.43. The Kier molecular flexibility index (Phi) is 4.06. The third kappa shape index (κ3) is 2.97. The van der Waals surface area contributed by atoms with Gasteiger partial charge in [0, 0.05) is 19.5 Å².